The molecule has 2 aromatic carbocycles. The van der Waals surface area contributed by atoms with Gasteiger partial charge in [-0.3, -0.25) is 0 Å². The number of benzene rings is 2. The van der Waals surface area contributed by atoms with Crippen molar-refractivity contribution in [1.29, 1.82) is 0 Å². The molecule has 0 saturated heterocycles. The minimum Gasteiger partial charge on any atom is -0.482 e. The summed E-state index contributed by atoms with van der Waals surface area (Å²) in [7, 11) is 1.68. The van der Waals surface area contributed by atoms with Crippen LogP contribution in [0.4, 0.5) is 5.82 Å². The molecule has 0 fully saturated rings. The first-order valence-corrected chi connectivity index (χ1v) is 9.86. The number of nitrogens with one attached hydrogen (secondary N) is 2. The lowest BCUT2D eigenvalue weighted by Crippen LogP contribution is -2.27. The number of ether oxygens (including phenoxy) is 1. The summed E-state index contributed by atoms with van der Waals surface area (Å²) in [5, 5.41) is 8.07. The number of aromatic nitrogens is 3. The fourth-order valence-corrected chi connectivity index (χ4v) is 3.84. The van der Waals surface area contributed by atoms with Gasteiger partial charge in [-0.2, -0.15) is 4.98 Å². The molecule has 2 N–H and O–H groups in total. The number of hydrogen-bond acceptors (Lipinski definition) is 5. The zero-order valence-corrected chi connectivity index (χ0v) is 16.4. The van der Waals surface area contributed by atoms with Gasteiger partial charge in [-0.15, -0.1) is 0 Å². The number of fused-ring (bicyclic) bond motifs is 2. The van der Waals surface area contributed by atoms with Gasteiger partial charge in [0.15, 0.2) is 0 Å². The molecule has 6 nitrogen and oxygen atoms in total. The van der Waals surface area contributed by atoms with Gasteiger partial charge in [0.25, 0.3) is 0 Å². The molecule has 1 aliphatic heterocycles. The Morgan fingerprint density at radius 1 is 1.07 bits per heavy atom. The van der Waals surface area contributed by atoms with Gasteiger partial charge in [-0.1, -0.05) is 48.5 Å². The van der Waals surface area contributed by atoms with Gasteiger partial charge in [0.05, 0.1) is 18.3 Å². The summed E-state index contributed by atoms with van der Waals surface area (Å²) in [5.41, 5.74) is 4.48. The van der Waals surface area contributed by atoms with Crippen molar-refractivity contribution in [3.63, 3.8) is 0 Å². The van der Waals surface area contributed by atoms with Crippen molar-refractivity contribution >= 4 is 16.7 Å². The molecule has 0 atom stereocenters. The maximum atomic E-state index is 5.65. The Balaban J connectivity index is 1.61. The van der Waals surface area contributed by atoms with E-state index < -0.39 is 0 Å². The molecule has 2 aromatic heterocycles. The third-order valence-corrected chi connectivity index (χ3v) is 5.31. The Kier molecular flexibility index (Phi) is 4.62. The molecule has 0 bridgehead atoms. The van der Waals surface area contributed by atoms with E-state index >= 15 is 0 Å². The highest BCUT2D eigenvalue weighted by molar-refractivity contribution is 5.84. The molecule has 3 heterocycles. The fraction of sp³-hybridized carbons (Fsp3) is 0.217. The van der Waals surface area contributed by atoms with Crippen LogP contribution < -0.4 is 15.4 Å². The molecule has 5 rings (SSSR count). The van der Waals surface area contributed by atoms with Gasteiger partial charge in [0.1, 0.15) is 5.82 Å². The zero-order valence-electron chi connectivity index (χ0n) is 16.4. The molecule has 6 heteroatoms. The molecule has 0 aliphatic carbocycles. The Morgan fingerprint density at radius 3 is 2.76 bits per heavy atom. The second-order valence-electron chi connectivity index (χ2n) is 7.14. The minimum atomic E-state index is 0.638. The van der Waals surface area contributed by atoms with E-state index in [1.165, 1.54) is 5.56 Å². The molecule has 0 spiro atoms. The first kappa shape index (κ1) is 17.7. The first-order valence-electron chi connectivity index (χ1n) is 9.86. The van der Waals surface area contributed by atoms with Crippen LogP contribution in [0.25, 0.3) is 16.9 Å². The lowest BCUT2D eigenvalue weighted by molar-refractivity contribution is 0.390. The zero-order chi connectivity index (χ0) is 19.6. The predicted molar refractivity (Wildman–Crippen MR) is 115 cm³/mol. The van der Waals surface area contributed by atoms with E-state index in [0.717, 1.165) is 53.4 Å². The van der Waals surface area contributed by atoms with Crippen LogP contribution >= 0.6 is 0 Å². The summed E-state index contributed by atoms with van der Waals surface area (Å²) in [4.78, 5) is 9.85. The molecular weight excluding hydrogens is 362 g/mol. The van der Waals surface area contributed by atoms with Crippen molar-refractivity contribution < 1.29 is 4.74 Å². The lowest BCUT2D eigenvalue weighted by atomic mass is 10.1. The summed E-state index contributed by atoms with van der Waals surface area (Å²) in [5.74, 6) is 2.24. The van der Waals surface area contributed by atoms with E-state index in [1.54, 1.807) is 7.11 Å². The Bertz CT molecular complexity index is 1150. The largest absolute Gasteiger partial charge is 0.482 e. The van der Waals surface area contributed by atoms with Crippen molar-refractivity contribution in [2.75, 3.05) is 19.0 Å². The second kappa shape index (κ2) is 7.56. The predicted octanol–water partition coefficient (Wildman–Crippen LogP) is 3.69. The maximum absolute atomic E-state index is 5.65. The van der Waals surface area contributed by atoms with E-state index in [-0.39, 0.29) is 0 Å². The first-order chi connectivity index (χ1) is 14.3. The molecule has 146 valence electrons. The van der Waals surface area contributed by atoms with Crippen molar-refractivity contribution in [2.45, 2.75) is 19.5 Å². The SMILES string of the molecule is COc1cc2ccccc2n1-c1nc2c(c(NCc3ccccc3)n1)CNCC2. The van der Waals surface area contributed by atoms with Crippen molar-refractivity contribution in [3.8, 4) is 11.8 Å². The van der Waals surface area contributed by atoms with Gasteiger partial charge < -0.3 is 15.4 Å². The average molecular weight is 385 g/mol. The summed E-state index contributed by atoms with van der Waals surface area (Å²) in [6.45, 7) is 2.41. The highest BCUT2D eigenvalue weighted by Gasteiger charge is 2.21. The standard InChI is InChI=1S/C23H23N5O/c1-29-21-13-17-9-5-6-10-20(17)28(21)23-26-19-11-12-24-15-18(19)22(27-23)25-14-16-7-3-2-4-8-16/h2-10,13,24H,11-12,14-15H2,1H3,(H,25,26,27). The van der Waals surface area contributed by atoms with Gasteiger partial charge in [-0.25, -0.2) is 9.55 Å². The summed E-state index contributed by atoms with van der Waals surface area (Å²) in [6.07, 6.45) is 0.881. The second-order valence-corrected chi connectivity index (χ2v) is 7.14. The van der Waals surface area contributed by atoms with E-state index in [1.807, 2.05) is 28.8 Å². The van der Waals surface area contributed by atoms with E-state index in [2.05, 4.69) is 47.0 Å². The lowest BCUT2D eigenvalue weighted by Gasteiger charge is -2.21. The third-order valence-electron chi connectivity index (χ3n) is 5.31. The van der Waals surface area contributed by atoms with E-state index in [9.17, 15) is 0 Å². The van der Waals surface area contributed by atoms with Crippen LogP contribution in [0.2, 0.25) is 0 Å². The van der Waals surface area contributed by atoms with Crippen LogP contribution in [0.15, 0.2) is 60.7 Å². The van der Waals surface area contributed by atoms with Crippen LogP contribution in [-0.2, 0) is 19.5 Å². The quantitative estimate of drug-likeness (QED) is 0.549. The van der Waals surface area contributed by atoms with Crippen molar-refractivity contribution in [3.05, 3.63) is 77.5 Å². The molecule has 0 unspecified atom stereocenters. The topological polar surface area (TPSA) is 64.0 Å². The normalized spacial score (nSPS) is 13.3. The Morgan fingerprint density at radius 2 is 1.90 bits per heavy atom. The number of para-hydroxylation sites is 1. The smallest absolute Gasteiger partial charge is 0.239 e. The highest BCUT2D eigenvalue weighted by Crippen LogP contribution is 2.30. The van der Waals surface area contributed by atoms with Gasteiger partial charge in [-0.05, 0) is 11.6 Å². The molecule has 0 saturated carbocycles. The summed E-state index contributed by atoms with van der Waals surface area (Å²) in [6, 6.07) is 20.6. The van der Waals surface area contributed by atoms with E-state index in [0.29, 0.717) is 12.5 Å². The molecule has 29 heavy (non-hydrogen) atoms. The molecule has 0 amide bonds. The number of nitrogens with zero attached hydrogens (tertiary/aromatic N) is 3. The Hall–Kier alpha value is -3.38. The Labute approximate surface area is 169 Å². The third kappa shape index (κ3) is 3.32. The van der Waals surface area contributed by atoms with E-state index in [4.69, 9.17) is 14.7 Å². The number of methoxy groups -OCH3 is 1. The number of hydrogen-bond donors (Lipinski definition) is 2. The highest BCUT2D eigenvalue weighted by atomic mass is 16.5. The van der Waals surface area contributed by atoms with Crippen LogP contribution in [0.5, 0.6) is 5.88 Å². The minimum absolute atomic E-state index is 0.638. The number of rotatable bonds is 5. The number of anilines is 1. The van der Waals surface area contributed by atoms with Gasteiger partial charge in [0, 0.05) is 43.1 Å². The fourth-order valence-electron chi connectivity index (χ4n) is 3.84. The van der Waals surface area contributed by atoms with Crippen LogP contribution in [0.3, 0.4) is 0 Å². The average Bonchev–Trinajstić information content (AvgIpc) is 3.16. The molecule has 0 radical (unpaired) electrons. The molecule has 1 aliphatic rings. The monoisotopic (exact) mass is 385 g/mol. The molecular formula is C23H23N5O. The van der Waals surface area contributed by atoms with Crippen molar-refractivity contribution in [2.24, 2.45) is 0 Å². The van der Waals surface area contributed by atoms with Crippen LogP contribution in [-0.4, -0.2) is 28.2 Å². The van der Waals surface area contributed by atoms with Crippen molar-refractivity contribution in [1.82, 2.24) is 19.9 Å². The molecule has 4 aromatic rings. The van der Waals surface area contributed by atoms with Gasteiger partial charge >= 0.3 is 0 Å². The van der Waals surface area contributed by atoms with Gasteiger partial charge in [0.2, 0.25) is 11.8 Å². The summed E-state index contributed by atoms with van der Waals surface area (Å²) < 4.78 is 7.64. The van der Waals surface area contributed by atoms with Crippen LogP contribution in [0.1, 0.15) is 16.8 Å². The maximum Gasteiger partial charge on any atom is 0.239 e. The summed E-state index contributed by atoms with van der Waals surface area (Å²) >= 11 is 0. The van der Waals surface area contributed by atoms with Crippen LogP contribution in [0, 0.1) is 0 Å².